The van der Waals surface area contributed by atoms with Crippen molar-refractivity contribution < 1.29 is 72.5 Å². The average Bonchev–Trinajstić information content (AvgIpc) is 2.69. The Bertz CT molecular complexity index is 4320. The Morgan fingerprint density at radius 3 is 1.84 bits per heavy atom. The number of nitrogens with zero attached hydrogens (tertiary/aromatic N) is 3. The number of amides is 3. The van der Waals surface area contributed by atoms with Crippen LogP contribution in [0.4, 0.5) is 11.4 Å². The van der Waals surface area contributed by atoms with Crippen molar-refractivity contribution in [3.8, 4) is 56.6 Å². The highest BCUT2D eigenvalue weighted by Crippen LogP contribution is 2.49. The van der Waals surface area contributed by atoms with Crippen molar-refractivity contribution in [2.45, 2.75) is 54.5 Å². The van der Waals surface area contributed by atoms with E-state index in [0.29, 0.717) is 85.7 Å². The summed E-state index contributed by atoms with van der Waals surface area (Å²) in [5.74, 6) is -3.63. The third-order valence-electron chi connectivity index (χ3n) is 15.0. The molecule has 3 amide bonds. The zero-order valence-corrected chi connectivity index (χ0v) is 45.2. The van der Waals surface area contributed by atoms with Gasteiger partial charge in [-0.25, -0.2) is 32.9 Å². The number of aromatic nitrogens is 4. The number of carboxylic acids is 2. The molecule has 0 bridgehead atoms. The molecule has 85 heavy (non-hydrogen) atoms. The van der Waals surface area contributed by atoms with Gasteiger partial charge in [0.2, 0.25) is 10.0 Å². The highest BCUT2D eigenvalue weighted by Gasteiger charge is 2.37. The van der Waals surface area contributed by atoms with Crippen LogP contribution < -0.4 is 41.3 Å². The van der Waals surface area contributed by atoms with Gasteiger partial charge >= 0.3 is 11.9 Å². The van der Waals surface area contributed by atoms with Gasteiger partial charge in [0.15, 0.2) is 24.4 Å². The Balaban J connectivity index is 0.000000133. The maximum atomic E-state index is 12.9. The van der Waals surface area contributed by atoms with Crippen molar-refractivity contribution in [1.82, 2.24) is 35.3 Å². The van der Waals surface area contributed by atoms with Crippen LogP contribution in [0.25, 0.3) is 55.2 Å². The molecule has 4 aliphatic heterocycles. The number of carbonyl (C=O) groups excluding carboxylic acids is 3. The van der Waals surface area contributed by atoms with Crippen molar-refractivity contribution in [3.05, 3.63) is 147 Å². The van der Waals surface area contributed by atoms with Crippen molar-refractivity contribution in [3.63, 3.8) is 0 Å². The lowest BCUT2D eigenvalue weighted by molar-refractivity contribution is -0.156. The number of carboxylic acid groups (broad SMARTS) is 2. The van der Waals surface area contributed by atoms with Crippen LogP contribution >= 0.6 is 0 Å². The highest BCUT2D eigenvalue weighted by molar-refractivity contribution is 7.89. The molecule has 27 heteroatoms. The van der Waals surface area contributed by atoms with Crippen LogP contribution in [-0.2, 0) is 29.2 Å². The van der Waals surface area contributed by atoms with Gasteiger partial charge in [0.1, 0.15) is 28.7 Å². The second-order valence-corrected chi connectivity index (χ2v) is 22.1. The molecule has 436 valence electrons. The highest BCUT2D eigenvalue weighted by atomic mass is 32.2. The van der Waals surface area contributed by atoms with Crippen molar-refractivity contribution >= 4 is 72.6 Å². The molecule has 5 atom stereocenters. The first-order chi connectivity index (χ1) is 40.8. The summed E-state index contributed by atoms with van der Waals surface area (Å²) < 4.78 is 40.3. The first-order valence-corrected chi connectivity index (χ1v) is 28.0. The molecule has 0 spiro atoms. The zero-order valence-electron chi connectivity index (χ0n) is 44.4. The minimum absolute atomic E-state index is 0.124. The minimum atomic E-state index is -3.63. The molecule has 26 nitrogen and oxygen atoms in total. The van der Waals surface area contributed by atoms with Crippen LogP contribution in [-0.4, -0.2) is 151 Å². The van der Waals surface area contributed by atoms with Crippen LogP contribution in [0.15, 0.2) is 124 Å². The van der Waals surface area contributed by atoms with Crippen LogP contribution in [0.5, 0.6) is 23.0 Å². The summed E-state index contributed by atoms with van der Waals surface area (Å²) in [4.78, 5) is 84.1. The molecule has 1 fully saturated rings. The van der Waals surface area contributed by atoms with E-state index < -0.39 is 58.2 Å². The lowest BCUT2D eigenvalue weighted by Gasteiger charge is -2.33. The molecule has 2 aromatic heterocycles. The molecule has 5 unspecified atom stereocenters. The van der Waals surface area contributed by atoms with E-state index in [0.717, 1.165) is 41.9 Å². The van der Waals surface area contributed by atoms with Crippen LogP contribution in [0, 0.1) is 0 Å². The maximum Gasteiger partial charge on any atom is 0.335 e. The summed E-state index contributed by atoms with van der Waals surface area (Å²) in [5, 5.41) is 77.9. The standard InChI is InChI=1S/C22H25N3O4S.C18H13N3O7.C18H13N3O6/c26-22-16-5-4-6-20-21(16)18(14-23-22)17-13-15(7-8-19(17)29-20)30(27,28)24-9-12-25-10-2-1-3-11-25;22-14(15(23)18(26)27)17(25)19-7-4-5-10-9(6-7)13-12-8(16(24)21-20-13)2-1-3-11(12)28-10;22-14(15(23)18(26)27)17(25)19-7-4-5-8-9-2-1-3-10-12(9)13(11(8)6-7)20-21-16(10)24/h4-8,13,18,24H,1-3,9-12,14H2,(H,23,26);1-6,14-15,22-23H,(H,19,25)(H,21,24)(H,26,27);1-6,14-15,22-23H,(H,19,25)(H,21,24)(H,26,27). The van der Waals surface area contributed by atoms with E-state index in [-0.39, 0.29) is 39.2 Å². The number of piperidine rings is 1. The normalized spacial score (nSPS) is 16.3. The number of rotatable bonds is 13. The molecule has 12 N–H and O–H groups in total. The second-order valence-electron chi connectivity index (χ2n) is 20.3. The van der Waals surface area contributed by atoms with Crippen molar-refractivity contribution in [1.29, 1.82) is 0 Å². The Morgan fingerprint density at radius 1 is 0.600 bits per heavy atom. The number of aromatic amines is 2. The van der Waals surface area contributed by atoms with Gasteiger partial charge < -0.3 is 61.0 Å². The summed E-state index contributed by atoms with van der Waals surface area (Å²) in [6, 6.07) is 30.2. The number of hydrogen-bond acceptors (Lipinski definition) is 18. The zero-order chi connectivity index (χ0) is 60.0. The van der Waals surface area contributed by atoms with E-state index in [1.54, 1.807) is 84.9 Å². The van der Waals surface area contributed by atoms with E-state index >= 15 is 0 Å². The number of ether oxygens (including phenoxy) is 2. The maximum absolute atomic E-state index is 12.9. The number of fused-ring (bicyclic) bond motifs is 7. The summed E-state index contributed by atoms with van der Waals surface area (Å²) in [6.07, 6.45) is -5.14. The minimum Gasteiger partial charge on any atom is -0.479 e. The van der Waals surface area contributed by atoms with E-state index in [4.69, 9.17) is 19.7 Å². The van der Waals surface area contributed by atoms with E-state index in [2.05, 4.69) is 46.0 Å². The van der Waals surface area contributed by atoms with E-state index in [9.17, 15) is 62.4 Å². The van der Waals surface area contributed by atoms with Gasteiger partial charge in [0.05, 0.1) is 26.7 Å². The average molecular weight is 1180 g/mol. The monoisotopic (exact) mass is 1180 g/mol. The number of aliphatic hydroxyl groups is 4. The Morgan fingerprint density at radius 2 is 1.16 bits per heavy atom. The number of likely N-dealkylation sites (tertiary alicyclic amines) is 1. The first kappa shape index (κ1) is 57.1. The molecule has 1 aliphatic carbocycles. The van der Waals surface area contributed by atoms with Gasteiger partial charge in [-0.1, -0.05) is 36.8 Å². The van der Waals surface area contributed by atoms with Crippen LogP contribution in [0.2, 0.25) is 0 Å². The molecule has 6 aromatic carbocycles. The number of benzene rings is 6. The fourth-order valence-electron chi connectivity index (χ4n) is 10.8. The molecule has 8 aromatic rings. The van der Waals surface area contributed by atoms with Gasteiger partial charge in [-0.05, 0) is 116 Å². The number of hydrogen-bond donors (Lipinski definition) is 12. The summed E-state index contributed by atoms with van der Waals surface area (Å²) in [6.45, 7) is 3.60. The third kappa shape index (κ3) is 11.1. The number of sulfonamides is 1. The summed E-state index contributed by atoms with van der Waals surface area (Å²) >= 11 is 0. The van der Waals surface area contributed by atoms with E-state index in [1.807, 2.05) is 12.1 Å². The number of H-pyrrole nitrogens is 2. The smallest absolute Gasteiger partial charge is 0.335 e. The van der Waals surface area contributed by atoms with Gasteiger partial charge in [-0.2, -0.15) is 10.2 Å². The van der Waals surface area contributed by atoms with Crippen molar-refractivity contribution in [2.24, 2.45) is 0 Å². The van der Waals surface area contributed by atoms with Gasteiger partial charge in [-0.15, -0.1) is 0 Å². The molecule has 1 saturated heterocycles. The van der Waals surface area contributed by atoms with Gasteiger partial charge in [-0.3, -0.25) is 24.0 Å². The van der Waals surface area contributed by atoms with Crippen LogP contribution in [0.1, 0.15) is 46.7 Å². The van der Waals surface area contributed by atoms with Gasteiger partial charge in [0, 0.05) is 70.1 Å². The molecular weight excluding hydrogens is 1130 g/mol. The third-order valence-corrected chi connectivity index (χ3v) is 16.4. The lowest BCUT2D eigenvalue weighted by Crippen LogP contribution is -2.42. The topological polar surface area (TPSA) is 402 Å². The molecule has 0 saturated carbocycles. The Kier molecular flexibility index (Phi) is 15.5. The molecular formula is C58H51N9O17S. The number of aliphatic carboxylic acids is 2. The molecule has 13 rings (SSSR count). The second kappa shape index (κ2) is 23.1. The Hall–Kier alpha value is -9.74. The largest absolute Gasteiger partial charge is 0.479 e. The fourth-order valence-corrected chi connectivity index (χ4v) is 11.8. The predicted molar refractivity (Wildman–Crippen MR) is 304 cm³/mol. The molecule has 5 aliphatic rings. The number of anilines is 2. The summed E-state index contributed by atoms with van der Waals surface area (Å²) in [5.41, 5.74) is 5.83. The molecule has 0 radical (unpaired) electrons. The SMILES string of the molecule is O=C(O)C(O)C(O)C(=O)Nc1ccc2c(c1)-c1n[nH]c(=O)c3cccc(c13)O2.O=C(O)C(O)C(O)C(=O)Nc1ccc2c(c1)-c1n[nH]c(=O)c3cccc-2c13.O=C1NCC2c3cc(S(=O)(=O)NCCN4CCCCC4)ccc3Oc3cccc1c32. The quantitative estimate of drug-likeness (QED) is 0.0788. The number of nitrogens with one attached hydrogen (secondary N) is 6. The predicted octanol–water partition coefficient (Wildman–Crippen LogP) is 3.19. The van der Waals surface area contributed by atoms with Crippen LogP contribution in [0.3, 0.4) is 0 Å². The van der Waals surface area contributed by atoms with Gasteiger partial charge in [0.25, 0.3) is 28.8 Å². The fraction of sp³-hybridized carbons (Fsp3) is 0.224. The summed E-state index contributed by atoms with van der Waals surface area (Å²) in [7, 11) is -3.63. The lowest BCUT2D eigenvalue weighted by atomic mass is 9.82. The number of carbonyl (C=O) groups is 5. The first-order valence-electron chi connectivity index (χ1n) is 26.5. The Labute approximate surface area is 479 Å². The van der Waals surface area contributed by atoms with E-state index in [1.165, 1.54) is 31.4 Å². The number of aliphatic hydroxyl groups excluding tert-OH is 4. The molecule has 6 heterocycles. The van der Waals surface area contributed by atoms with Crippen molar-refractivity contribution in [2.75, 3.05) is 43.4 Å².